The molecule has 1 aliphatic rings. The summed E-state index contributed by atoms with van der Waals surface area (Å²) in [6.07, 6.45) is 7.19. The molecule has 12 heavy (non-hydrogen) atoms. The molecule has 0 heteroatoms. The van der Waals surface area contributed by atoms with Gasteiger partial charge < -0.3 is 0 Å². The molecular weight excluding hydrogens is 144 g/mol. The van der Waals surface area contributed by atoms with Crippen LogP contribution in [0.1, 0.15) is 59.8 Å². The van der Waals surface area contributed by atoms with Crippen molar-refractivity contribution in [1.82, 2.24) is 0 Å². The summed E-state index contributed by atoms with van der Waals surface area (Å²) in [5.41, 5.74) is 0.619. The predicted molar refractivity (Wildman–Crippen MR) is 55.2 cm³/mol. The van der Waals surface area contributed by atoms with Gasteiger partial charge in [0.25, 0.3) is 0 Å². The van der Waals surface area contributed by atoms with Crippen LogP contribution in [-0.4, -0.2) is 0 Å². The van der Waals surface area contributed by atoms with Crippen LogP contribution in [0.3, 0.4) is 0 Å². The fourth-order valence-electron chi connectivity index (χ4n) is 2.22. The summed E-state index contributed by atoms with van der Waals surface area (Å²) in [5, 5.41) is 0. The van der Waals surface area contributed by atoms with E-state index in [1.165, 1.54) is 32.1 Å². The first-order chi connectivity index (χ1) is 5.51. The Kier molecular flexibility index (Phi) is 3.20. The number of hydrogen-bond donors (Lipinski definition) is 0. The standard InChI is InChI=1S/C12H24/c1-10-6-5-8-12(3,4)9-7-11(10)2/h10-11H,5-9H2,1-4H3. The second-order valence-electron chi connectivity index (χ2n) is 5.55. The average molecular weight is 168 g/mol. The van der Waals surface area contributed by atoms with Crippen molar-refractivity contribution < 1.29 is 0 Å². The van der Waals surface area contributed by atoms with Gasteiger partial charge in [-0.1, -0.05) is 40.5 Å². The van der Waals surface area contributed by atoms with E-state index in [1.54, 1.807) is 0 Å². The van der Waals surface area contributed by atoms with Gasteiger partial charge in [0.15, 0.2) is 0 Å². The predicted octanol–water partition coefficient (Wildman–Crippen LogP) is 4.25. The molecule has 0 aromatic carbocycles. The van der Waals surface area contributed by atoms with Crippen molar-refractivity contribution >= 4 is 0 Å². The molecule has 1 rings (SSSR count). The molecule has 1 saturated carbocycles. The van der Waals surface area contributed by atoms with Crippen LogP contribution >= 0.6 is 0 Å². The number of hydrogen-bond acceptors (Lipinski definition) is 0. The van der Waals surface area contributed by atoms with Crippen LogP contribution in [0.5, 0.6) is 0 Å². The minimum Gasteiger partial charge on any atom is -0.0623 e. The van der Waals surface area contributed by atoms with Gasteiger partial charge in [-0.05, 0) is 36.5 Å². The van der Waals surface area contributed by atoms with Crippen molar-refractivity contribution in [3.05, 3.63) is 0 Å². The van der Waals surface area contributed by atoms with Gasteiger partial charge in [0.2, 0.25) is 0 Å². The third-order valence-electron chi connectivity index (χ3n) is 3.76. The van der Waals surface area contributed by atoms with E-state index in [-0.39, 0.29) is 0 Å². The van der Waals surface area contributed by atoms with E-state index < -0.39 is 0 Å². The zero-order chi connectivity index (χ0) is 9.19. The van der Waals surface area contributed by atoms with E-state index in [4.69, 9.17) is 0 Å². The first-order valence-corrected chi connectivity index (χ1v) is 5.51. The SMILES string of the molecule is CC1CCCC(C)(C)CCC1C. The Balaban J connectivity index is 2.46. The van der Waals surface area contributed by atoms with Crippen molar-refractivity contribution in [1.29, 1.82) is 0 Å². The van der Waals surface area contributed by atoms with Gasteiger partial charge in [0.05, 0.1) is 0 Å². The van der Waals surface area contributed by atoms with Crippen LogP contribution < -0.4 is 0 Å². The molecule has 0 aliphatic heterocycles. The van der Waals surface area contributed by atoms with E-state index in [9.17, 15) is 0 Å². The maximum atomic E-state index is 2.43. The molecule has 0 amide bonds. The fraction of sp³-hybridized carbons (Fsp3) is 1.00. The maximum Gasteiger partial charge on any atom is -0.0354 e. The van der Waals surface area contributed by atoms with Gasteiger partial charge in [-0.15, -0.1) is 0 Å². The molecule has 0 saturated heterocycles. The molecule has 0 aromatic rings. The summed E-state index contributed by atoms with van der Waals surface area (Å²) in [4.78, 5) is 0. The van der Waals surface area contributed by atoms with E-state index in [0.29, 0.717) is 5.41 Å². The Hall–Kier alpha value is 0. The van der Waals surface area contributed by atoms with E-state index in [2.05, 4.69) is 27.7 Å². The van der Waals surface area contributed by atoms with Crippen LogP contribution in [0.25, 0.3) is 0 Å². The Morgan fingerprint density at radius 1 is 0.917 bits per heavy atom. The highest BCUT2D eigenvalue weighted by atomic mass is 14.3. The lowest BCUT2D eigenvalue weighted by Crippen LogP contribution is -2.19. The van der Waals surface area contributed by atoms with Gasteiger partial charge in [-0.2, -0.15) is 0 Å². The molecule has 1 aliphatic carbocycles. The van der Waals surface area contributed by atoms with Crippen LogP contribution in [-0.2, 0) is 0 Å². The monoisotopic (exact) mass is 168 g/mol. The van der Waals surface area contributed by atoms with Gasteiger partial charge in [-0.25, -0.2) is 0 Å². The minimum absolute atomic E-state index is 0.619. The Morgan fingerprint density at radius 2 is 1.50 bits per heavy atom. The molecular formula is C12H24. The lowest BCUT2D eigenvalue weighted by atomic mass is 9.74. The lowest BCUT2D eigenvalue weighted by Gasteiger charge is -2.32. The zero-order valence-electron chi connectivity index (χ0n) is 9.19. The average Bonchev–Trinajstić information content (AvgIpc) is 1.98. The molecule has 0 N–H and O–H groups in total. The number of rotatable bonds is 0. The second-order valence-corrected chi connectivity index (χ2v) is 5.55. The summed E-state index contributed by atoms with van der Waals surface area (Å²) in [7, 11) is 0. The van der Waals surface area contributed by atoms with Gasteiger partial charge in [-0.3, -0.25) is 0 Å². The smallest absolute Gasteiger partial charge is 0.0354 e. The topological polar surface area (TPSA) is 0 Å². The van der Waals surface area contributed by atoms with Crippen molar-refractivity contribution in [3.8, 4) is 0 Å². The third-order valence-corrected chi connectivity index (χ3v) is 3.76. The Morgan fingerprint density at radius 3 is 2.17 bits per heavy atom. The molecule has 1 fully saturated rings. The quantitative estimate of drug-likeness (QED) is 0.507. The van der Waals surface area contributed by atoms with Crippen LogP contribution in [0.2, 0.25) is 0 Å². The Bertz CT molecular complexity index is 135. The summed E-state index contributed by atoms with van der Waals surface area (Å²) in [5.74, 6) is 1.91. The Labute approximate surface area is 77.7 Å². The van der Waals surface area contributed by atoms with Gasteiger partial charge in [0, 0.05) is 0 Å². The molecule has 0 nitrogen and oxygen atoms in total. The van der Waals surface area contributed by atoms with Crippen LogP contribution in [0.4, 0.5) is 0 Å². The van der Waals surface area contributed by atoms with Crippen LogP contribution in [0.15, 0.2) is 0 Å². The fourth-order valence-corrected chi connectivity index (χ4v) is 2.22. The molecule has 0 spiro atoms. The highest BCUT2D eigenvalue weighted by molar-refractivity contribution is 4.75. The van der Waals surface area contributed by atoms with Crippen molar-refractivity contribution in [2.24, 2.45) is 17.3 Å². The summed E-state index contributed by atoms with van der Waals surface area (Å²) in [6.45, 7) is 9.69. The first kappa shape index (κ1) is 10.1. The van der Waals surface area contributed by atoms with Gasteiger partial charge in [0.1, 0.15) is 0 Å². The van der Waals surface area contributed by atoms with Crippen molar-refractivity contribution in [2.75, 3.05) is 0 Å². The third kappa shape index (κ3) is 2.80. The van der Waals surface area contributed by atoms with Crippen molar-refractivity contribution in [3.63, 3.8) is 0 Å². The first-order valence-electron chi connectivity index (χ1n) is 5.51. The summed E-state index contributed by atoms with van der Waals surface area (Å²) < 4.78 is 0. The van der Waals surface area contributed by atoms with E-state index in [0.717, 1.165) is 11.8 Å². The van der Waals surface area contributed by atoms with Gasteiger partial charge >= 0.3 is 0 Å². The molecule has 2 atom stereocenters. The maximum absolute atomic E-state index is 2.43. The highest BCUT2D eigenvalue weighted by Gasteiger charge is 2.23. The summed E-state index contributed by atoms with van der Waals surface area (Å²) in [6, 6.07) is 0. The van der Waals surface area contributed by atoms with Crippen LogP contribution in [0, 0.1) is 17.3 Å². The molecule has 0 bridgehead atoms. The highest BCUT2D eigenvalue weighted by Crippen LogP contribution is 2.36. The molecule has 72 valence electrons. The molecule has 2 unspecified atom stereocenters. The van der Waals surface area contributed by atoms with Crippen molar-refractivity contribution in [2.45, 2.75) is 59.8 Å². The van der Waals surface area contributed by atoms with E-state index >= 15 is 0 Å². The normalized spacial score (nSPS) is 37.0. The second kappa shape index (κ2) is 3.81. The molecule has 0 aromatic heterocycles. The molecule has 0 radical (unpaired) electrons. The minimum atomic E-state index is 0.619. The molecule has 0 heterocycles. The summed E-state index contributed by atoms with van der Waals surface area (Å²) >= 11 is 0. The van der Waals surface area contributed by atoms with E-state index in [1.807, 2.05) is 0 Å². The zero-order valence-corrected chi connectivity index (χ0v) is 9.19. The largest absolute Gasteiger partial charge is 0.0623 e. The lowest BCUT2D eigenvalue weighted by molar-refractivity contribution is 0.200.